The Labute approximate surface area is 137 Å². The van der Waals surface area contributed by atoms with Gasteiger partial charge in [0.15, 0.2) is 0 Å². The first-order valence-corrected chi connectivity index (χ1v) is 8.17. The van der Waals surface area contributed by atoms with Crippen molar-refractivity contribution in [2.75, 3.05) is 6.54 Å². The third-order valence-electron chi connectivity index (χ3n) is 3.05. The Hall–Kier alpha value is -1.11. The van der Waals surface area contributed by atoms with Crippen LogP contribution >= 0.6 is 34.5 Å². The van der Waals surface area contributed by atoms with Crippen LogP contribution in [0.25, 0.3) is 0 Å². The predicted octanol–water partition coefficient (Wildman–Crippen LogP) is 2.87. The van der Waals surface area contributed by atoms with Crippen molar-refractivity contribution in [3.05, 3.63) is 32.5 Å². The average Bonchev–Trinajstić information content (AvgIpc) is 2.96. The molecule has 0 radical (unpaired) electrons. The normalized spacial score (nSPS) is 10.8. The van der Waals surface area contributed by atoms with E-state index in [0.29, 0.717) is 28.1 Å². The number of hydrogen-bond acceptors (Lipinski definition) is 4. The highest BCUT2D eigenvalue weighted by atomic mass is 35.5. The first-order chi connectivity index (χ1) is 10.1. The molecule has 0 aliphatic heterocycles. The van der Waals surface area contributed by atoms with Crippen molar-refractivity contribution in [1.29, 1.82) is 0 Å². The van der Waals surface area contributed by atoms with Crippen LogP contribution < -0.4 is 5.32 Å². The lowest BCUT2D eigenvalue weighted by molar-refractivity contribution is -0.121. The number of hydrogen-bond donors (Lipinski definition) is 1. The minimum absolute atomic E-state index is 0.0367. The summed E-state index contributed by atoms with van der Waals surface area (Å²) in [7, 11) is 1.88. The SMILES string of the molecule is Cn1cnnc1CCNC(=O)CCCc1cc(Cl)sc1Cl. The van der Waals surface area contributed by atoms with Gasteiger partial charge < -0.3 is 9.88 Å². The molecule has 0 saturated carbocycles. The molecule has 0 saturated heterocycles. The van der Waals surface area contributed by atoms with Crippen LogP contribution in [0.15, 0.2) is 12.4 Å². The van der Waals surface area contributed by atoms with E-state index >= 15 is 0 Å². The maximum absolute atomic E-state index is 11.7. The molecular weight excluding hydrogens is 331 g/mol. The van der Waals surface area contributed by atoms with Gasteiger partial charge in [0.05, 0.1) is 8.67 Å². The van der Waals surface area contributed by atoms with E-state index in [2.05, 4.69) is 15.5 Å². The maximum Gasteiger partial charge on any atom is 0.220 e. The van der Waals surface area contributed by atoms with Crippen LogP contribution in [0.2, 0.25) is 8.67 Å². The van der Waals surface area contributed by atoms with Gasteiger partial charge in [-0.15, -0.1) is 21.5 Å². The van der Waals surface area contributed by atoms with E-state index in [4.69, 9.17) is 23.2 Å². The number of halogens is 2. The fraction of sp³-hybridized carbons (Fsp3) is 0.462. The number of carbonyl (C=O) groups excluding carboxylic acids is 1. The van der Waals surface area contributed by atoms with Crippen molar-refractivity contribution in [3.8, 4) is 0 Å². The van der Waals surface area contributed by atoms with Gasteiger partial charge in [-0.25, -0.2) is 0 Å². The Morgan fingerprint density at radius 2 is 2.24 bits per heavy atom. The summed E-state index contributed by atoms with van der Waals surface area (Å²) in [4.78, 5) is 11.7. The van der Waals surface area contributed by atoms with Gasteiger partial charge in [0.2, 0.25) is 5.91 Å². The molecule has 1 N–H and O–H groups in total. The Bertz CT molecular complexity index is 611. The monoisotopic (exact) mass is 346 g/mol. The van der Waals surface area contributed by atoms with E-state index in [1.165, 1.54) is 11.3 Å². The van der Waals surface area contributed by atoms with Crippen molar-refractivity contribution in [2.24, 2.45) is 7.05 Å². The summed E-state index contributed by atoms with van der Waals surface area (Å²) in [5, 5.41) is 10.6. The number of rotatable bonds is 7. The number of carbonyl (C=O) groups is 1. The van der Waals surface area contributed by atoms with E-state index in [0.717, 1.165) is 24.2 Å². The Balaban J connectivity index is 1.64. The second-order valence-electron chi connectivity index (χ2n) is 4.66. The molecule has 0 fully saturated rings. The lowest BCUT2D eigenvalue weighted by Gasteiger charge is -2.05. The van der Waals surface area contributed by atoms with Gasteiger partial charge in [0.1, 0.15) is 12.2 Å². The van der Waals surface area contributed by atoms with Crippen molar-refractivity contribution >= 4 is 40.4 Å². The summed E-state index contributed by atoms with van der Waals surface area (Å²) in [5.74, 6) is 0.893. The summed E-state index contributed by atoms with van der Waals surface area (Å²) in [6.07, 6.45) is 4.31. The minimum Gasteiger partial charge on any atom is -0.356 e. The Kier molecular flexibility index (Phi) is 6.02. The summed E-state index contributed by atoms with van der Waals surface area (Å²) in [6, 6.07) is 1.86. The van der Waals surface area contributed by atoms with E-state index in [-0.39, 0.29) is 5.91 Å². The predicted molar refractivity (Wildman–Crippen MR) is 85.0 cm³/mol. The van der Waals surface area contributed by atoms with E-state index in [9.17, 15) is 4.79 Å². The van der Waals surface area contributed by atoms with Crippen molar-refractivity contribution in [3.63, 3.8) is 0 Å². The van der Waals surface area contributed by atoms with E-state index in [1.807, 2.05) is 17.7 Å². The van der Waals surface area contributed by atoms with Crippen molar-refractivity contribution in [1.82, 2.24) is 20.1 Å². The number of amides is 1. The van der Waals surface area contributed by atoms with Gasteiger partial charge in [-0.3, -0.25) is 4.79 Å². The van der Waals surface area contributed by atoms with Gasteiger partial charge in [0.25, 0.3) is 0 Å². The highest BCUT2D eigenvalue weighted by molar-refractivity contribution is 7.20. The van der Waals surface area contributed by atoms with Crippen LogP contribution in [0.4, 0.5) is 0 Å². The number of aromatic nitrogens is 3. The molecule has 0 atom stereocenters. The summed E-state index contributed by atoms with van der Waals surface area (Å²) >= 11 is 13.3. The van der Waals surface area contributed by atoms with Gasteiger partial charge in [-0.05, 0) is 24.5 Å². The molecule has 0 bridgehead atoms. The lowest BCUT2D eigenvalue weighted by Crippen LogP contribution is -2.26. The minimum atomic E-state index is 0.0367. The maximum atomic E-state index is 11.7. The topological polar surface area (TPSA) is 59.8 Å². The van der Waals surface area contributed by atoms with Gasteiger partial charge in [0, 0.05) is 26.4 Å². The highest BCUT2D eigenvalue weighted by Crippen LogP contribution is 2.31. The third kappa shape index (κ3) is 4.98. The molecule has 0 aliphatic carbocycles. The van der Waals surface area contributed by atoms with Gasteiger partial charge >= 0.3 is 0 Å². The van der Waals surface area contributed by atoms with E-state index < -0.39 is 0 Å². The second kappa shape index (κ2) is 7.77. The van der Waals surface area contributed by atoms with Crippen molar-refractivity contribution < 1.29 is 4.79 Å². The molecule has 8 heteroatoms. The van der Waals surface area contributed by atoms with Crippen LogP contribution in [-0.2, 0) is 24.7 Å². The van der Waals surface area contributed by atoms with Crippen LogP contribution in [-0.4, -0.2) is 27.2 Å². The molecule has 21 heavy (non-hydrogen) atoms. The molecule has 0 aliphatic rings. The summed E-state index contributed by atoms with van der Waals surface area (Å²) in [5.41, 5.74) is 1.01. The molecule has 0 spiro atoms. The fourth-order valence-corrected chi connectivity index (χ4v) is 3.46. The smallest absolute Gasteiger partial charge is 0.220 e. The fourth-order valence-electron chi connectivity index (χ4n) is 1.92. The molecule has 5 nitrogen and oxygen atoms in total. The van der Waals surface area contributed by atoms with Crippen LogP contribution in [0.3, 0.4) is 0 Å². The largest absolute Gasteiger partial charge is 0.356 e. The number of thiophene rings is 1. The lowest BCUT2D eigenvalue weighted by atomic mass is 10.1. The van der Waals surface area contributed by atoms with Crippen LogP contribution in [0.5, 0.6) is 0 Å². The Morgan fingerprint density at radius 1 is 1.43 bits per heavy atom. The number of aryl methyl sites for hydroxylation is 2. The Morgan fingerprint density at radius 3 is 2.86 bits per heavy atom. The molecule has 1 amide bonds. The number of nitrogens with one attached hydrogen (secondary N) is 1. The van der Waals surface area contributed by atoms with Gasteiger partial charge in [-0.2, -0.15) is 0 Å². The molecule has 2 rings (SSSR count). The molecule has 114 valence electrons. The third-order valence-corrected chi connectivity index (χ3v) is 4.62. The van der Waals surface area contributed by atoms with E-state index in [1.54, 1.807) is 6.33 Å². The highest BCUT2D eigenvalue weighted by Gasteiger charge is 2.08. The van der Waals surface area contributed by atoms with Crippen molar-refractivity contribution in [2.45, 2.75) is 25.7 Å². The second-order valence-corrected chi connectivity index (χ2v) is 6.95. The zero-order valence-electron chi connectivity index (χ0n) is 11.6. The average molecular weight is 347 g/mol. The van der Waals surface area contributed by atoms with Crippen LogP contribution in [0, 0.1) is 0 Å². The first kappa shape index (κ1) is 16.3. The molecule has 2 heterocycles. The zero-order valence-corrected chi connectivity index (χ0v) is 13.9. The standard InChI is InChI=1S/C13H16Cl2N4OS/c1-19-8-17-18-11(19)5-6-16-12(20)4-2-3-9-7-10(14)21-13(9)15/h7-8H,2-6H2,1H3,(H,16,20). The zero-order chi connectivity index (χ0) is 15.2. The number of nitrogens with zero attached hydrogens (tertiary/aromatic N) is 3. The molecular formula is C13H16Cl2N4OS. The molecule has 0 unspecified atom stereocenters. The molecule has 0 aromatic carbocycles. The molecule has 2 aromatic rings. The quantitative estimate of drug-likeness (QED) is 0.838. The molecule has 2 aromatic heterocycles. The van der Waals surface area contributed by atoms with Gasteiger partial charge in [-0.1, -0.05) is 23.2 Å². The summed E-state index contributed by atoms with van der Waals surface area (Å²) in [6.45, 7) is 0.566. The first-order valence-electron chi connectivity index (χ1n) is 6.59. The van der Waals surface area contributed by atoms with Crippen LogP contribution in [0.1, 0.15) is 24.2 Å². The summed E-state index contributed by atoms with van der Waals surface area (Å²) < 4.78 is 3.24.